The second kappa shape index (κ2) is 10.4. The van der Waals surface area contributed by atoms with Crippen LogP contribution in [0.25, 0.3) is 0 Å². The van der Waals surface area contributed by atoms with E-state index in [0.29, 0.717) is 12.8 Å². The summed E-state index contributed by atoms with van der Waals surface area (Å²) in [6.45, 7) is 9.37. The minimum Gasteiger partial charge on any atom is -0.461 e. The number of hydrogen-bond acceptors (Lipinski definition) is 4. The summed E-state index contributed by atoms with van der Waals surface area (Å²) in [5.74, 6) is -0.449. The van der Waals surface area contributed by atoms with Gasteiger partial charge >= 0.3 is 5.97 Å². The lowest BCUT2D eigenvalue weighted by Crippen LogP contribution is -2.52. The number of ether oxygens (including phenoxy) is 1. The molecule has 0 saturated heterocycles. The molecule has 1 aliphatic carbocycles. The lowest BCUT2D eigenvalue weighted by atomic mass is 10.0. The molecule has 0 aromatic carbocycles. The van der Waals surface area contributed by atoms with Crippen LogP contribution in [0.3, 0.4) is 0 Å². The summed E-state index contributed by atoms with van der Waals surface area (Å²) in [4.78, 5) is 36.5. The van der Waals surface area contributed by atoms with Crippen molar-refractivity contribution >= 4 is 17.8 Å². The average molecular weight is 354 g/mol. The van der Waals surface area contributed by atoms with Crippen molar-refractivity contribution in [2.75, 3.05) is 0 Å². The van der Waals surface area contributed by atoms with Gasteiger partial charge in [-0.15, -0.1) is 0 Å². The van der Waals surface area contributed by atoms with Gasteiger partial charge in [0.25, 0.3) is 0 Å². The molecule has 0 heterocycles. The van der Waals surface area contributed by atoms with Gasteiger partial charge in [-0.25, -0.2) is 4.79 Å². The maximum atomic E-state index is 12.6. The quantitative estimate of drug-likeness (QED) is 0.623. The van der Waals surface area contributed by atoms with Gasteiger partial charge in [-0.05, 0) is 50.4 Å². The summed E-state index contributed by atoms with van der Waals surface area (Å²) < 4.78 is 5.58. The minimum absolute atomic E-state index is 0.0270. The predicted octanol–water partition coefficient (Wildman–Crippen LogP) is 2.55. The largest absolute Gasteiger partial charge is 0.461 e. The number of rotatable bonds is 9. The van der Waals surface area contributed by atoms with Gasteiger partial charge in [0.1, 0.15) is 18.2 Å². The Kier molecular flexibility index (Phi) is 8.93. The number of nitrogens with one attached hydrogen (secondary N) is 2. The van der Waals surface area contributed by atoms with Crippen LogP contribution in [0.4, 0.5) is 0 Å². The van der Waals surface area contributed by atoms with Crippen LogP contribution in [0.5, 0.6) is 0 Å². The maximum absolute atomic E-state index is 12.6. The minimum atomic E-state index is -0.670. The molecule has 2 atom stereocenters. The summed E-state index contributed by atoms with van der Waals surface area (Å²) in [5.41, 5.74) is 0. The zero-order valence-electron chi connectivity index (χ0n) is 16.3. The van der Waals surface area contributed by atoms with E-state index in [9.17, 15) is 14.4 Å². The summed E-state index contributed by atoms with van der Waals surface area (Å²) >= 11 is 0. The highest BCUT2D eigenvalue weighted by Crippen LogP contribution is 2.22. The first-order valence-electron chi connectivity index (χ1n) is 9.47. The maximum Gasteiger partial charge on any atom is 0.328 e. The molecule has 6 heteroatoms. The lowest BCUT2D eigenvalue weighted by Gasteiger charge is -2.25. The van der Waals surface area contributed by atoms with Crippen LogP contribution in [-0.4, -0.2) is 36.0 Å². The molecular formula is C19H34N2O4. The molecule has 2 N–H and O–H groups in total. The molecule has 144 valence electrons. The van der Waals surface area contributed by atoms with Crippen molar-refractivity contribution < 1.29 is 19.1 Å². The summed E-state index contributed by atoms with van der Waals surface area (Å²) in [7, 11) is 0. The van der Waals surface area contributed by atoms with E-state index < -0.39 is 12.1 Å². The van der Waals surface area contributed by atoms with Gasteiger partial charge in [0, 0.05) is 6.92 Å². The third kappa shape index (κ3) is 8.36. The first kappa shape index (κ1) is 21.5. The van der Waals surface area contributed by atoms with Crippen molar-refractivity contribution in [3.8, 4) is 0 Å². The molecule has 0 aromatic heterocycles. The molecule has 1 aliphatic rings. The second-order valence-electron chi connectivity index (χ2n) is 7.92. The fourth-order valence-electron chi connectivity index (χ4n) is 3.16. The Bertz CT molecular complexity index is 456. The Morgan fingerprint density at radius 1 is 0.920 bits per heavy atom. The smallest absolute Gasteiger partial charge is 0.328 e. The Balaban J connectivity index is 2.73. The molecule has 0 radical (unpaired) electrons. The fraction of sp³-hybridized carbons (Fsp3) is 0.842. The SMILES string of the molecule is CC(=O)N[C@@H](CC(C)C)C(=O)N[C@@H](CC(C)C)C(=O)OC1CCCC1. The molecule has 1 rings (SSSR count). The molecule has 2 amide bonds. The van der Waals surface area contributed by atoms with Crippen molar-refractivity contribution in [2.24, 2.45) is 11.8 Å². The zero-order chi connectivity index (χ0) is 19.0. The number of carbonyl (C=O) groups excluding carboxylic acids is 3. The highest BCUT2D eigenvalue weighted by molar-refractivity contribution is 5.90. The molecule has 6 nitrogen and oxygen atoms in total. The molecule has 0 bridgehead atoms. The van der Waals surface area contributed by atoms with Gasteiger partial charge < -0.3 is 15.4 Å². The van der Waals surface area contributed by atoms with E-state index in [2.05, 4.69) is 10.6 Å². The van der Waals surface area contributed by atoms with Crippen LogP contribution in [0.2, 0.25) is 0 Å². The van der Waals surface area contributed by atoms with Crippen molar-refractivity contribution in [2.45, 2.75) is 91.3 Å². The van der Waals surface area contributed by atoms with E-state index >= 15 is 0 Å². The fourth-order valence-corrected chi connectivity index (χ4v) is 3.16. The average Bonchev–Trinajstić information content (AvgIpc) is 2.97. The van der Waals surface area contributed by atoms with Crippen molar-refractivity contribution in [1.82, 2.24) is 10.6 Å². The number of amides is 2. The summed E-state index contributed by atoms with van der Waals surface area (Å²) in [6, 6.07) is -1.30. The molecule has 25 heavy (non-hydrogen) atoms. The molecule has 1 fully saturated rings. The lowest BCUT2D eigenvalue weighted by molar-refractivity contribution is -0.153. The Hall–Kier alpha value is -1.59. The second-order valence-corrected chi connectivity index (χ2v) is 7.92. The van der Waals surface area contributed by atoms with E-state index in [1.165, 1.54) is 6.92 Å². The number of hydrogen-bond donors (Lipinski definition) is 2. The highest BCUT2D eigenvalue weighted by atomic mass is 16.5. The van der Waals surface area contributed by atoms with Crippen LogP contribution < -0.4 is 10.6 Å². The molecule has 0 aromatic rings. The standard InChI is InChI=1S/C19H34N2O4/c1-12(2)10-16(20-14(5)22)18(23)21-17(11-13(3)4)19(24)25-15-8-6-7-9-15/h12-13,15-17H,6-11H2,1-5H3,(H,20,22)(H,21,23)/t16-,17-/m0/s1. The van der Waals surface area contributed by atoms with Crippen LogP contribution >= 0.6 is 0 Å². The van der Waals surface area contributed by atoms with E-state index in [-0.39, 0.29) is 35.7 Å². The zero-order valence-corrected chi connectivity index (χ0v) is 16.3. The van der Waals surface area contributed by atoms with Crippen molar-refractivity contribution in [1.29, 1.82) is 0 Å². The molecule has 0 unspecified atom stereocenters. The Morgan fingerprint density at radius 2 is 1.44 bits per heavy atom. The van der Waals surface area contributed by atoms with Gasteiger partial charge in [0.05, 0.1) is 0 Å². The molecule has 0 spiro atoms. The highest BCUT2D eigenvalue weighted by Gasteiger charge is 2.30. The summed E-state index contributed by atoms with van der Waals surface area (Å²) in [6.07, 6.45) is 4.98. The normalized spacial score (nSPS) is 17.4. The van der Waals surface area contributed by atoms with Crippen molar-refractivity contribution in [3.05, 3.63) is 0 Å². The molecular weight excluding hydrogens is 320 g/mol. The molecule has 0 aliphatic heterocycles. The van der Waals surface area contributed by atoms with Gasteiger partial charge in [-0.3, -0.25) is 9.59 Å². The monoisotopic (exact) mass is 354 g/mol. The summed E-state index contributed by atoms with van der Waals surface area (Å²) in [5, 5.41) is 5.48. The Labute approximate surface area is 151 Å². The van der Waals surface area contributed by atoms with E-state index in [1.54, 1.807) is 0 Å². The van der Waals surface area contributed by atoms with Gasteiger partial charge in [0.2, 0.25) is 11.8 Å². The van der Waals surface area contributed by atoms with Gasteiger partial charge in [-0.1, -0.05) is 27.7 Å². The Morgan fingerprint density at radius 3 is 1.92 bits per heavy atom. The van der Waals surface area contributed by atoms with Crippen LogP contribution in [0.15, 0.2) is 0 Å². The van der Waals surface area contributed by atoms with Crippen LogP contribution in [0, 0.1) is 11.8 Å². The number of carbonyl (C=O) groups is 3. The number of esters is 1. The van der Waals surface area contributed by atoms with Gasteiger partial charge in [-0.2, -0.15) is 0 Å². The topological polar surface area (TPSA) is 84.5 Å². The van der Waals surface area contributed by atoms with E-state index in [4.69, 9.17) is 4.74 Å². The van der Waals surface area contributed by atoms with Crippen LogP contribution in [-0.2, 0) is 19.1 Å². The van der Waals surface area contributed by atoms with Crippen LogP contribution in [0.1, 0.15) is 73.1 Å². The first-order valence-corrected chi connectivity index (χ1v) is 9.47. The predicted molar refractivity (Wildman–Crippen MR) is 96.8 cm³/mol. The first-order chi connectivity index (χ1) is 11.7. The third-order valence-corrected chi connectivity index (χ3v) is 4.29. The van der Waals surface area contributed by atoms with Crippen molar-refractivity contribution in [3.63, 3.8) is 0 Å². The molecule has 1 saturated carbocycles. The van der Waals surface area contributed by atoms with Gasteiger partial charge in [0.15, 0.2) is 0 Å². The van der Waals surface area contributed by atoms with E-state index in [1.807, 2.05) is 27.7 Å². The van der Waals surface area contributed by atoms with E-state index in [0.717, 1.165) is 25.7 Å². The third-order valence-electron chi connectivity index (χ3n) is 4.29.